The third-order valence-corrected chi connectivity index (χ3v) is 2.98. The van der Waals surface area contributed by atoms with Crippen molar-refractivity contribution in [3.05, 3.63) is 47.2 Å². The van der Waals surface area contributed by atoms with Gasteiger partial charge < -0.3 is 10.6 Å². The molecule has 0 aliphatic rings. The standard InChI is InChI=1S/C14H18N4O/c1-10-12(14(19)15-2)13(18(3)17-10)16-9-11-7-5-4-6-8-11/h4-8,16H,9H2,1-3H3,(H,15,19). The second kappa shape index (κ2) is 5.56. The summed E-state index contributed by atoms with van der Waals surface area (Å²) in [6.07, 6.45) is 0. The van der Waals surface area contributed by atoms with E-state index < -0.39 is 0 Å². The first-order chi connectivity index (χ1) is 9.13. The van der Waals surface area contributed by atoms with Crippen molar-refractivity contribution in [1.82, 2.24) is 15.1 Å². The summed E-state index contributed by atoms with van der Waals surface area (Å²) in [6.45, 7) is 2.49. The minimum atomic E-state index is -0.124. The average molecular weight is 258 g/mol. The predicted octanol–water partition coefficient (Wildman–Crippen LogP) is 1.70. The number of rotatable bonds is 4. The van der Waals surface area contributed by atoms with E-state index in [2.05, 4.69) is 15.7 Å². The van der Waals surface area contributed by atoms with Crippen LogP contribution in [0.4, 0.5) is 5.82 Å². The number of carbonyl (C=O) groups excluding carboxylic acids is 1. The van der Waals surface area contributed by atoms with Crippen molar-refractivity contribution in [2.75, 3.05) is 12.4 Å². The van der Waals surface area contributed by atoms with Gasteiger partial charge in [-0.3, -0.25) is 9.48 Å². The van der Waals surface area contributed by atoms with Crippen molar-refractivity contribution in [3.8, 4) is 0 Å². The lowest BCUT2D eigenvalue weighted by atomic mass is 10.2. The third-order valence-electron chi connectivity index (χ3n) is 2.98. The number of nitrogens with zero attached hydrogens (tertiary/aromatic N) is 2. The van der Waals surface area contributed by atoms with Gasteiger partial charge in [0.15, 0.2) is 0 Å². The maximum atomic E-state index is 11.9. The summed E-state index contributed by atoms with van der Waals surface area (Å²) in [5, 5.41) is 10.2. The van der Waals surface area contributed by atoms with E-state index >= 15 is 0 Å². The van der Waals surface area contributed by atoms with Crippen LogP contribution in [-0.2, 0) is 13.6 Å². The van der Waals surface area contributed by atoms with E-state index in [4.69, 9.17) is 0 Å². The number of amides is 1. The molecule has 0 unspecified atom stereocenters. The first-order valence-corrected chi connectivity index (χ1v) is 6.17. The lowest BCUT2D eigenvalue weighted by Gasteiger charge is -2.09. The fourth-order valence-electron chi connectivity index (χ4n) is 2.04. The molecule has 19 heavy (non-hydrogen) atoms. The number of anilines is 1. The molecule has 0 bridgehead atoms. The number of aromatic nitrogens is 2. The Balaban J connectivity index is 2.22. The molecule has 1 aromatic carbocycles. The molecule has 0 radical (unpaired) electrons. The van der Waals surface area contributed by atoms with Crippen LogP contribution in [0.5, 0.6) is 0 Å². The summed E-state index contributed by atoms with van der Waals surface area (Å²) in [4.78, 5) is 11.9. The summed E-state index contributed by atoms with van der Waals surface area (Å²) in [6, 6.07) is 10.0. The average Bonchev–Trinajstić information content (AvgIpc) is 2.71. The van der Waals surface area contributed by atoms with E-state index in [1.165, 1.54) is 0 Å². The number of benzene rings is 1. The maximum absolute atomic E-state index is 11.9. The van der Waals surface area contributed by atoms with E-state index in [0.717, 1.165) is 17.1 Å². The molecule has 0 aliphatic heterocycles. The van der Waals surface area contributed by atoms with Crippen LogP contribution in [0, 0.1) is 6.92 Å². The highest BCUT2D eigenvalue weighted by Gasteiger charge is 2.18. The van der Waals surface area contributed by atoms with Gasteiger partial charge in [0.1, 0.15) is 11.4 Å². The highest BCUT2D eigenvalue weighted by molar-refractivity contribution is 5.99. The minimum Gasteiger partial charge on any atom is -0.366 e. The van der Waals surface area contributed by atoms with Crippen molar-refractivity contribution in [2.45, 2.75) is 13.5 Å². The van der Waals surface area contributed by atoms with E-state index in [9.17, 15) is 4.79 Å². The van der Waals surface area contributed by atoms with Gasteiger partial charge in [0.25, 0.3) is 5.91 Å². The molecule has 0 spiro atoms. The van der Waals surface area contributed by atoms with Crippen LogP contribution in [0.1, 0.15) is 21.6 Å². The summed E-state index contributed by atoms with van der Waals surface area (Å²) in [7, 11) is 3.45. The second-order valence-electron chi connectivity index (χ2n) is 4.35. The van der Waals surface area contributed by atoms with Crippen molar-refractivity contribution in [1.29, 1.82) is 0 Å². The summed E-state index contributed by atoms with van der Waals surface area (Å²) in [5.74, 6) is 0.613. The van der Waals surface area contributed by atoms with Crippen LogP contribution in [0.15, 0.2) is 30.3 Å². The molecule has 0 aliphatic carbocycles. The van der Waals surface area contributed by atoms with Gasteiger partial charge in [-0.2, -0.15) is 5.10 Å². The van der Waals surface area contributed by atoms with Crippen molar-refractivity contribution in [2.24, 2.45) is 7.05 Å². The number of carbonyl (C=O) groups is 1. The van der Waals surface area contributed by atoms with Gasteiger partial charge in [-0.1, -0.05) is 30.3 Å². The Morgan fingerprint density at radius 1 is 1.32 bits per heavy atom. The highest BCUT2D eigenvalue weighted by atomic mass is 16.1. The third kappa shape index (κ3) is 2.76. The normalized spacial score (nSPS) is 10.3. The van der Waals surface area contributed by atoms with Crippen LogP contribution in [-0.4, -0.2) is 22.7 Å². The Kier molecular flexibility index (Phi) is 3.85. The second-order valence-corrected chi connectivity index (χ2v) is 4.35. The Labute approximate surface area is 112 Å². The zero-order valence-corrected chi connectivity index (χ0v) is 11.4. The van der Waals surface area contributed by atoms with Crippen LogP contribution >= 0.6 is 0 Å². The van der Waals surface area contributed by atoms with Crippen LogP contribution in [0.2, 0.25) is 0 Å². The first kappa shape index (κ1) is 13.1. The molecule has 0 saturated carbocycles. The topological polar surface area (TPSA) is 59.0 Å². The zero-order chi connectivity index (χ0) is 13.8. The van der Waals surface area contributed by atoms with E-state index in [0.29, 0.717) is 12.1 Å². The molecule has 5 nitrogen and oxygen atoms in total. The van der Waals surface area contributed by atoms with Crippen LogP contribution in [0.3, 0.4) is 0 Å². The molecule has 1 aromatic heterocycles. The summed E-state index contributed by atoms with van der Waals surface area (Å²) in [5.41, 5.74) is 2.47. The fourth-order valence-corrected chi connectivity index (χ4v) is 2.04. The monoisotopic (exact) mass is 258 g/mol. The molecule has 0 atom stereocenters. The van der Waals surface area contributed by atoms with Gasteiger partial charge in [-0.05, 0) is 12.5 Å². The lowest BCUT2D eigenvalue weighted by molar-refractivity contribution is 0.0963. The minimum absolute atomic E-state index is 0.124. The summed E-state index contributed by atoms with van der Waals surface area (Å²) >= 11 is 0. The fraction of sp³-hybridized carbons (Fsp3) is 0.286. The smallest absolute Gasteiger partial charge is 0.256 e. The molecule has 2 aromatic rings. The number of hydrogen-bond donors (Lipinski definition) is 2. The molecule has 2 N–H and O–H groups in total. The first-order valence-electron chi connectivity index (χ1n) is 6.17. The maximum Gasteiger partial charge on any atom is 0.256 e. The van der Waals surface area contributed by atoms with Gasteiger partial charge >= 0.3 is 0 Å². The van der Waals surface area contributed by atoms with Gasteiger partial charge in [-0.15, -0.1) is 0 Å². The molecule has 0 saturated heterocycles. The molecular weight excluding hydrogens is 240 g/mol. The Morgan fingerprint density at radius 3 is 2.63 bits per heavy atom. The van der Waals surface area contributed by atoms with Crippen molar-refractivity contribution >= 4 is 11.7 Å². The van der Waals surface area contributed by atoms with Crippen molar-refractivity contribution < 1.29 is 4.79 Å². The van der Waals surface area contributed by atoms with Gasteiger partial charge in [0.2, 0.25) is 0 Å². The lowest BCUT2D eigenvalue weighted by Crippen LogP contribution is -2.20. The largest absolute Gasteiger partial charge is 0.366 e. The molecule has 1 heterocycles. The number of nitrogens with one attached hydrogen (secondary N) is 2. The Hall–Kier alpha value is -2.30. The summed E-state index contributed by atoms with van der Waals surface area (Å²) < 4.78 is 1.70. The van der Waals surface area contributed by atoms with E-state index in [1.807, 2.05) is 44.3 Å². The number of aryl methyl sites for hydroxylation is 2. The molecule has 0 fully saturated rings. The quantitative estimate of drug-likeness (QED) is 0.877. The zero-order valence-electron chi connectivity index (χ0n) is 11.4. The van der Waals surface area contributed by atoms with Crippen LogP contribution < -0.4 is 10.6 Å². The Bertz CT molecular complexity index is 575. The highest BCUT2D eigenvalue weighted by Crippen LogP contribution is 2.19. The number of hydrogen-bond acceptors (Lipinski definition) is 3. The van der Waals surface area contributed by atoms with E-state index in [-0.39, 0.29) is 5.91 Å². The van der Waals surface area contributed by atoms with Gasteiger partial charge in [0, 0.05) is 20.6 Å². The SMILES string of the molecule is CNC(=O)c1c(C)nn(C)c1NCc1ccccc1. The molecular formula is C14H18N4O. The molecule has 100 valence electrons. The molecule has 5 heteroatoms. The van der Waals surface area contributed by atoms with Gasteiger partial charge in [0.05, 0.1) is 5.69 Å². The molecule has 1 amide bonds. The molecule has 2 rings (SSSR count). The predicted molar refractivity (Wildman–Crippen MR) is 75.1 cm³/mol. The van der Waals surface area contributed by atoms with Gasteiger partial charge in [-0.25, -0.2) is 0 Å². The van der Waals surface area contributed by atoms with Crippen molar-refractivity contribution in [3.63, 3.8) is 0 Å². The van der Waals surface area contributed by atoms with E-state index in [1.54, 1.807) is 11.7 Å². The Morgan fingerprint density at radius 2 is 2.00 bits per heavy atom. The van der Waals surface area contributed by atoms with Crippen LogP contribution in [0.25, 0.3) is 0 Å².